The second-order valence-corrected chi connectivity index (χ2v) is 8.67. The van der Waals surface area contributed by atoms with E-state index in [1.54, 1.807) is 6.92 Å². The minimum atomic E-state index is -4.10. The van der Waals surface area contributed by atoms with Crippen LogP contribution in [0.1, 0.15) is 44.7 Å². The van der Waals surface area contributed by atoms with Crippen molar-refractivity contribution in [1.29, 1.82) is 0 Å². The summed E-state index contributed by atoms with van der Waals surface area (Å²) in [6.45, 7) is 1.24. The summed E-state index contributed by atoms with van der Waals surface area (Å²) in [6, 6.07) is 2.08. The van der Waals surface area contributed by atoms with Crippen molar-refractivity contribution >= 4 is 44.2 Å². The van der Waals surface area contributed by atoms with E-state index in [1.807, 2.05) is 0 Å². The number of carbonyl (C=O) groups excluding carboxylic acids is 3. The van der Waals surface area contributed by atoms with Crippen LogP contribution in [0.3, 0.4) is 0 Å². The van der Waals surface area contributed by atoms with Crippen LogP contribution in [0.4, 0.5) is 5.00 Å². The van der Waals surface area contributed by atoms with Gasteiger partial charge in [0.15, 0.2) is 6.61 Å². The lowest BCUT2D eigenvalue weighted by Gasteiger charge is -2.08. The molecule has 0 radical (unpaired) electrons. The van der Waals surface area contributed by atoms with Gasteiger partial charge >= 0.3 is 11.9 Å². The van der Waals surface area contributed by atoms with E-state index < -0.39 is 45.3 Å². The zero-order valence-corrected chi connectivity index (χ0v) is 17.0. The molecule has 0 saturated heterocycles. The Bertz CT molecular complexity index is 1070. The number of nitrogens with two attached hydrogens (primary N) is 1. The van der Waals surface area contributed by atoms with Crippen molar-refractivity contribution in [1.82, 2.24) is 0 Å². The zero-order chi connectivity index (χ0) is 21.2. The molecule has 0 aromatic carbocycles. The fourth-order valence-corrected chi connectivity index (χ4v) is 4.62. The van der Waals surface area contributed by atoms with Crippen LogP contribution in [-0.4, -0.2) is 39.5 Å². The van der Waals surface area contributed by atoms with E-state index in [1.165, 1.54) is 11.3 Å². The van der Waals surface area contributed by atoms with Crippen LogP contribution in [0.15, 0.2) is 21.6 Å². The maximum Gasteiger partial charge on any atom is 0.374 e. The molecular formula is C17H18N2O8S2. The Balaban J connectivity index is 1.65. The zero-order valence-electron chi connectivity index (χ0n) is 15.4. The van der Waals surface area contributed by atoms with Gasteiger partial charge in [0, 0.05) is 4.88 Å². The molecule has 3 rings (SSSR count). The lowest BCUT2D eigenvalue weighted by Crippen LogP contribution is -2.21. The molecule has 0 fully saturated rings. The van der Waals surface area contributed by atoms with E-state index in [0.717, 1.165) is 41.8 Å². The SMILES string of the molecule is CCOC(=O)c1c(NC(=O)COC(=O)c2ccc(S(N)(=O)=O)o2)sc2c1CCC2. The summed E-state index contributed by atoms with van der Waals surface area (Å²) in [5, 5.41) is 7.22. The molecule has 2 heterocycles. The Morgan fingerprint density at radius 3 is 2.62 bits per heavy atom. The number of hydrogen-bond donors (Lipinski definition) is 2. The number of furan rings is 1. The molecule has 0 saturated carbocycles. The molecular weight excluding hydrogens is 424 g/mol. The van der Waals surface area contributed by atoms with Crippen molar-refractivity contribution in [3.63, 3.8) is 0 Å². The average Bonchev–Trinajstić information content (AvgIpc) is 3.34. The quantitative estimate of drug-likeness (QED) is 0.611. The van der Waals surface area contributed by atoms with Crippen molar-refractivity contribution in [2.24, 2.45) is 5.14 Å². The molecule has 0 aliphatic heterocycles. The highest BCUT2D eigenvalue weighted by atomic mass is 32.2. The Morgan fingerprint density at radius 1 is 1.21 bits per heavy atom. The Morgan fingerprint density at radius 2 is 1.97 bits per heavy atom. The smallest absolute Gasteiger partial charge is 0.374 e. The molecule has 156 valence electrons. The Kier molecular flexibility index (Phi) is 6.05. The van der Waals surface area contributed by atoms with E-state index in [0.29, 0.717) is 10.6 Å². The number of nitrogens with one attached hydrogen (secondary N) is 1. The van der Waals surface area contributed by atoms with E-state index >= 15 is 0 Å². The van der Waals surface area contributed by atoms with Gasteiger partial charge < -0.3 is 19.2 Å². The van der Waals surface area contributed by atoms with Gasteiger partial charge in [-0.2, -0.15) is 0 Å². The average molecular weight is 442 g/mol. The predicted octanol–water partition coefficient (Wildman–Crippen LogP) is 1.45. The molecule has 2 aromatic heterocycles. The fraction of sp³-hybridized carbons (Fsp3) is 0.353. The van der Waals surface area contributed by atoms with Gasteiger partial charge in [0.05, 0.1) is 12.2 Å². The highest BCUT2D eigenvalue weighted by Crippen LogP contribution is 2.39. The van der Waals surface area contributed by atoms with Crippen molar-refractivity contribution in [2.75, 3.05) is 18.5 Å². The monoisotopic (exact) mass is 442 g/mol. The van der Waals surface area contributed by atoms with Gasteiger partial charge in [0.2, 0.25) is 10.9 Å². The van der Waals surface area contributed by atoms with Gasteiger partial charge in [0.1, 0.15) is 5.00 Å². The number of fused-ring (bicyclic) bond motifs is 1. The summed E-state index contributed by atoms with van der Waals surface area (Å²) in [4.78, 5) is 37.4. The topological polar surface area (TPSA) is 155 Å². The van der Waals surface area contributed by atoms with Crippen LogP contribution in [0, 0.1) is 0 Å². The van der Waals surface area contributed by atoms with E-state index in [9.17, 15) is 22.8 Å². The minimum Gasteiger partial charge on any atom is -0.462 e. The molecule has 2 aromatic rings. The minimum absolute atomic E-state index is 0.206. The summed E-state index contributed by atoms with van der Waals surface area (Å²) < 4.78 is 37.0. The fourth-order valence-electron chi connectivity index (χ4n) is 2.86. The number of carbonyl (C=O) groups is 3. The summed E-state index contributed by atoms with van der Waals surface area (Å²) in [5.74, 6) is -2.62. The summed E-state index contributed by atoms with van der Waals surface area (Å²) in [7, 11) is -4.10. The number of rotatable bonds is 7. The van der Waals surface area contributed by atoms with E-state index in [2.05, 4.69) is 5.32 Å². The van der Waals surface area contributed by atoms with Crippen LogP contribution in [0.2, 0.25) is 0 Å². The van der Waals surface area contributed by atoms with Crippen LogP contribution in [-0.2, 0) is 37.1 Å². The van der Waals surface area contributed by atoms with E-state index in [-0.39, 0.29) is 6.61 Å². The third-order valence-electron chi connectivity index (χ3n) is 4.05. The number of sulfonamides is 1. The predicted molar refractivity (Wildman–Crippen MR) is 101 cm³/mol. The molecule has 3 N–H and O–H groups in total. The molecule has 1 aliphatic carbocycles. The number of thiophene rings is 1. The van der Waals surface area contributed by atoms with E-state index in [4.69, 9.17) is 19.0 Å². The van der Waals surface area contributed by atoms with Gasteiger partial charge in [-0.25, -0.2) is 23.1 Å². The Labute approximate surface area is 170 Å². The lowest BCUT2D eigenvalue weighted by molar-refractivity contribution is -0.119. The molecule has 12 heteroatoms. The first-order valence-electron chi connectivity index (χ1n) is 8.62. The van der Waals surface area contributed by atoms with Crippen molar-refractivity contribution < 1.29 is 36.7 Å². The summed E-state index contributed by atoms with van der Waals surface area (Å²) >= 11 is 1.30. The standard InChI is InChI=1S/C17H18N2O8S2/c1-2-25-17(22)14-9-4-3-5-11(9)28-15(14)19-12(20)8-26-16(21)10-6-7-13(27-10)29(18,23)24/h6-7H,2-5,8H2,1H3,(H,19,20)(H2,18,23,24). The lowest BCUT2D eigenvalue weighted by atomic mass is 10.1. The number of anilines is 1. The molecule has 0 bridgehead atoms. The number of primary sulfonamides is 1. The molecule has 0 spiro atoms. The molecule has 0 unspecified atom stereocenters. The van der Waals surface area contributed by atoms with Gasteiger partial charge in [-0.15, -0.1) is 11.3 Å². The van der Waals surface area contributed by atoms with Gasteiger partial charge in [-0.05, 0) is 43.9 Å². The number of hydrogen-bond acceptors (Lipinski definition) is 9. The summed E-state index contributed by atoms with van der Waals surface area (Å²) in [6.07, 6.45) is 2.49. The molecule has 29 heavy (non-hydrogen) atoms. The summed E-state index contributed by atoms with van der Waals surface area (Å²) in [5.41, 5.74) is 1.22. The molecule has 0 atom stereocenters. The third-order valence-corrected chi connectivity index (χ3v) is 6.04. The van der Waals surface area contributed by atoms with Gasteiger partial charge in [-0.1, -0.05) is 0 Å². The molecule has 1 aliphatic rings. The normalized spacial score (nSPS) is 13.0. The second-order valence-electron chi connectivity index (χ2n) is 6.07. The van der Waals surface area contributed by atoms with Gasteiger partial charge in [0.25, 0.3) is 15.9 Å². The first-order valence-corrected chi connectivity index (χ1v) is 11.0. The van der Waals surface area contributed by atoms with Crippen LogP contribution in [0.25, 0.3) is 0 Å². The number of esters is 2. The van der Waals surface area contributed by atoms with Gasteiger partial charge in [-0.3, -0.25) is 4.79 Å². The number of amides is 1. The van der Waals surface area contributed by atoms with Crippen LogP contribution >= 0.6 is 11.3 Å². The Hall–Kier alpha value is -2.70. The molecule has 10 nitrogen and oxygen atoms in total. The second kappa shape index (κ2) is 8.35. The number of ether oxygens (including phenoxy) is 2. The van der Waals surface area contributed by atoms with Crippen molar-refractivity contribution in [2.45, 2.75) is 31.3 Å². The maximum absolute atomic E-state index is 12.3. The third kappa shape index (κ3) is 4.66. The largest absolute Gasteiger partial charge is 0.462 e. The highest BCUT2D eigenvalue weighted by molar-refractivity contribution is 7.89. The maximum atomic E-state index is 12.3. The van der Waals surface area contributed by atoms with Crippen LogP contribution in [0.5, 0.6) is 0 Å². The first-order chi connectivity index (χ1) is 13.7. The molecule has 1 amide bonds. The van der Waals surface area contributed by atoms with Crippen molar-refractivity contribution in [3.8, 4) is 0 Å². The highest BCUT2D eigenvalue weighted by Gasteiger charge is 2.28. The first kappa shape index (κ1) is 21.0. The van der Waals surface area contributed by atoms with Crippen molar-refractivity contribution in [3.05, 3.63) is 33.9 Å². The van der Waals surface area contributed by atoms with Crippen LogP contribution < -0.4 is 10.5 Å². The number of aryl methyl sites for hydroxylation is 1.